The summed E-state index contributed by atoms with van der Waals surface area (Å²) in [4.78, 5) is 19.9. The fourth-order valence-electron chi connectivity index (χ4n) is 3.84. The lowest BCUT2D eigenvalue weighted by Crippen LogP contribution is -3.28. The Labute approximate surface area is 158 Å². The van der Waals surface area contributed by atoms with Crippen molar-refractivity contribution in [2.75, 3.05) is 45.9 Å². The van der Waals surface area contributed by atoms with E-state index in [2.05, 4.69) is 23.5 Å². The summed E-state index contributed by atoms with van der Waals surface area (Å²) in [5.41, 5.74) is 1.11. The van der Waals surface area contributed by atoms with Gasteiger partial charge in [0.2, 0.25) is 0 Å². The van der Waals surface area contributed by atoms with Crippen molar-refractivity contribution in [2.45, 2.75) is 25.5 Å². The monoisotopic (exact) mass is 376 g/mol. The van der Waals surface area contributed by atoms with Crippen LogP contribution in [0.1, 0.15) is 17.8 Å². The van der Waals surface area contributed by atoms with Crippen LogP contribution in [0, 0.1) is 0 Å². The van der Waals surface area contributed by atoms with Crippen LogP contribution in [0.2, 0.25) is 0 Å². The van der Waals surface area contributed by atoms with Crippen LogP contribution in [0.4, 0.5) is 0 Å². The van der Waals surface area contributed by atoms with Gasteiger partial charge in [-0.15, -0.1) is 11.3 Å². The predicted octanol–water partition coefficient (Wildman–Crippen LogP) is -1.13. The summed E-state index contributed by atoms with van der Waals surface area (Å²) < 4.78 is 6.83. The number of hydrogen-bond donors (Lipinski definition) is 3. The number of carbonyl (C=O) groups excluding carboxylic acids is 1. The highest BCUT2D eigenvalue weighted by atomic mass is 32.1. The molecule has 3 heterocycles. The second kappa shape index (κ2) is 8.43. The van der Waals surface area contributed by atoms with Gasteiger partial charge in [0.25, 0.3) is 5.91 Å². The highest BCUT2D eigenvalue weighted by molar-refractivity contribution is 7.18. The van der Waals surface area contributed by atoms with Crippen LogP contribution in [0.15, 0.2) is 24.3 Å². The number of benzene rings is 1. The number of para-hydroxylation sites is 1. The second-order valence-corrected chi connectivity index (χ2v) is 8.48. The molecule has 2 aliphatic heterocycles. The van der Waals surface area contributed by atoms with Gasteiger partial charge in [-0.2, -0.15) is 0 Å². The minimum absolute atomic E-state index is 0.158. The first-order valence-electron chi connectivity index (χ1n) is 9.66. The van der Waals surface area contributed by atoms with E-state index in [0.29, 0.717) is 13.1 Å². The van der Waals surface area contributed by atoms with E-state index in [1.165, 1.54) is 14.6 Å². The van der Waals surface area contributed by atoms with Crippen LogP contribution in [0.25, 0.3) is 10.2 Å². The molecule has 0 radical (unpaired) electrons. The van der Waals surface area contributed by atoms with Gasteiger partial charge < -0.3 is 19.9 Å². The summed E-state index contributed by atoms with van der Waals surface area (Å²) in [7, 11) is 0. The van der Waals surface area contributed by atoms with Crippen molar-refractivity contribution >= 4 is 27.5 Å². The molecular weight excluding hydrogens is 348 g/mol. The molecule has 2 aliphatic rings. The topological polar surface area (TPSA) is 60.1 Å². The van der Waals surface area contributed by atoms with Gasteiger partial charge in [0.15, 0.2) is 6.54 Å². The maximum atomic E-state index is 12.1. The summed E-state index contributed by atoms with van der Waals surface area (Å²) >= 11 is 1.81. The van der Waals surface area contributed by atoms with Gasteiger partial charge in [0, 0.05) is 13.2 Å². The van der Waals surface area contributed by atoms with Gasteiger partial charge in [-0.25, -0.2) is 4.98 Å². The Bertz CT molecular complexity index is 703. The van der Waals surface area contributed by atoms with E-state index in [1.807, 2.05) is 6.07 Å². The standard InChI is InChI=1S/C19H26N4O2S/c24-18(20-12-15-4-3-11-25-15)13-22-7-9-23(10-8-22)14-19-21-16-5-1-2-6-17(16)26-19/h1-2,5-6,15H,3-4,7-14H2,(H,20,24)/p+2/t15-/m1/s1. The van der Waals surface area contributed by atoms with Gasteiger partial charge in [-0.1, -0.05) is 12.1 Å². The average molecular weight is 377 g/mol. The van der Waals surface area contributed by atoms with Crippen LogP contribution >= 0.6 is 11.3 Å². The molecule has 3 N–H and O–H groups in total. The third kappa shape index (κ3) is 4.59. The molecule has 26 heavy (non-hydrogen) atoms. The Morgan fingerprint density at radius 2 is 2.04 bits per heavy atom. The highest BCUT2D eigenvalue weighted by Gasteiger charge is 2.26. The number of nitrogens with zero attached hydrogens (tertiary/aromatic N) is 1. The van der Waals surface area contributed by atoms with Crippen molar-refractivity contribution in [1.82, 2.24) is 10.3 Å². The highest BCUT2D eigenvalue weighted by Crippen LogP contribution is 2.20. The summed E-state index contributed by atoms with van der Waals surface area (Å²) in [6.45, 7) is 7.39. The Morgan fingerprint density at radius 1 is 1.23 bits per heavy atom. The molecule has 6 nitrogen and oxygen atoms in total. The first kappa shape index (κ1) is 17.9. The molecule has 1 aromatic carbocycles. The van der Waals surface area contributed by atoms with E-state index < -0.39 is 0 Å². The Hall–Kier alpha value is -1.54. The van der Waals surface area contributed by atoms with Gasteiger partial charge >= 0.3 is 0 Å². The number of nitrogens with one attached hydrogen (secondary N) is 3. The van der Waals surface area contributed by atoms with Crippen molar-refractivity contribution in [3.05, 3.63) is 29.3 Å². The lowest BCUT2D eigenvalue weighted by Gasteiger charge is -2.28. The molecule has 0 aliphatic carbocycles. The van der Waals surface area contributed by atoms with Crippen LogP contribution in [-0.4, -0.2) is 62.9 Å². The molecule has 0 unspecified atom stereocenters. The maximum absolute atomic E-state index is 12.1. The summed E-state index contributed by atoms with van der Waals surface area (Å²) in [5, 5.41) is 4.26. The van der Waals surface area contributed by atoms with Crippen LogP contribution in [0.3, 0.4) is 0 Å². The molecule has 4 rings (SSSR count). The molecule has 0 saturated carbocycles. The number of fused-ring (bicyclic) bond motifs is 1. The smallest absolute Gasteiger partial charge is 0.275 e. The predicted molar refractivity (Wildman–Crippen MR) is 102 cm³/mol. The molecule has 7 heteroatoms. The van der Waals surface area contributed by atoms with Gasteiger partial charge in [0.1, 0.15) is 37.7 Å². The Morgan fingerprint density at radius 3 is 2.81 bits per heavy atom. The fourth-order valence-corrected chi connectivity index (χ4v) is 4.88. The zero-order chi connectivity index (χ0) is 17.8. The summed E-state index contributed by atoms with van der Waals surface area (Å²) in [5.74, 6) is 0.158. The van der Waals surface area contributed by atoms with E-state index in [1.54, 1.807) is 16.2 Å². The minimum Gasteiger partial charge on any atom is -0.376 e. The quantitative estimate of drug-likeness (QED) is 0.598. The van der Waals surface area contributed by atoms with Crippen LogP contribution in [-0.2, 0) is 16.1 Å². The first-order valence-corrected chi connectivity index (χ1v) is 10.5. The molecule has 0 bridgehead atoms. The number of rotatable bonds is 6. The zero-order valence-electron chi connectivity index (χ0n) is 15.1. The van der Waals surface area contributed by atoms with Crippen molar-refractivity contribution in [1.29, 1.82) is 0 Å². The molecule has 2 fully saturated rings. The van der Waals surface area contributed by atoms with Crippen molar-refractivity contribution < 1.29 is 19.3 Å². The maximum Gasteiger partial charge on any atom is 0.275 e. The number of carbonyl (C=O) groups is 1. The molecule has 1 amide bonds. The third-order valence-electron chi connectivity index (χ3n) is 5.37. The molecule has 2 saturated heterocycles. The minimum atomic E-state index is 0.158. The number of aromatic nitrogens is 1. The number of thiazole rings is 1. The second-order valence-electron chi connectivity index (χ2n) is 7.37. The van der Waals surface area contributed by atoms with Gasteiger partial charge in [-0.3, -0.25) is 4.79 Å². The van der Waals surface area contributed by atoms with E-state index in [9.17, 15) is 4.79 Å². The largest absolute Gasteiger partial charge is 0.376 e. The molecule has 1 atom stereocenters. The van der Waals surface area contributed by atoms with Crippen molar-refractivity contribution in [2.24, 2.45) is 0 Å². The number of piperazine rings is 1. The van der Waals surface area contributed by atoms with Gasteiger partial charge in [0.05, 0.1) is 16.3 Å². The molecule has 140 valence electrons. The normalized spacial score (nSPS) is 26.2. The van der Waals surface area contributed by atoms with E-state index in [0.717, 1.165) is 57.7 Å². The molecule has 2 aromatic rings. The lowest BCUT2D eigenvalue weighted by atomic mass is 10.2. The zero-order valence-corrected chi connectivity index (χ0v) is 15.9. The molecule has 0 spiro atoms. The van der Waals surface area contributed by atoms with Crippen LogP contribution < -0.4 is 15.1 Å². The summed E-state index contributed by atoms with van der Waals surface area (Å²) in [6.07, 6.45) is 2.41. The average Bonchev–Trinajstić information content (AvgIpc) is 3.30. The Kier molecular flexibility index (Phi) is 5.79. The SMILES string of the molecule is O=C(C[NH+]1CC[NH+](Cc2nc3ccccc3s2)CC1)NC[C@H]1CCCO1. The van der Waals surface area contributed by atoms with Crippen LogP contribution in [0.5, 0.6) is 0 Å². The number of hydrogen-bond acceptors (Lipinski definition) is 4. The first-order chi connectivity index (χ1) is 12.8. The Balaban J connectivity index is 1.19. The third-order valence-corrected chi connectivity index (χ3v) is 6.40. The van der Waals surface area contributed by atoms with Crippen molar-refractivity contribution in [3.8, 4) is 0 Å². The number of quaternary nitrogens is 2. The van der Waals surface area contributed by atoms with E-state index >= 15 is 0 Å². The fraction of sp³-hybridized carbons (Fsp3) is 0.579. The lowest BCUT2D eigenvalue weighted by molar-refractivity contribution is -1.02. The van der Waals surface area contributed by atoms with Crippen molar-refractivity contribution in [3.63, 3.8) is 0 Å². The van der Waals surface area contributed by atoms with E-state index in [4.69, 9.17) is 9.72 Å². The number of ether oxygens (including phenoxy) is 1. The van der Waals surface area contributed by atoms with E-state index in [-0.39, 0.29) is 12.0 Å². The summed E-state index contributed by atoms with van der Waals surface area (Å²) in [6, 6.07) is 8.35. The molecule has 1 aromatic heterocycles. The molecular formula is C19H28N4O2S+2. The number of amides is 1. The van der Waals surface area contributed by atoms with Gasteiger partial charge in [-0.05, 0) is 25.0 Å².